The van der Waals surface area contributed by atoms with E-state index < -0.39 is 0 Å². The summed E-state index contributed by atoms with van der Waals surface area (Å²) < 4.78 is 0. The molecule has 1 amide bonds. The number of aryl methyl sites for hydroxylation is 2. The zero-order chi connectivity index (χ0) is 16.0. The molecule has 3 N–H and O–H groups in total. The van der Waals surface area contributed by atoms with Crippen molar-refractivity contribution in [2.75, 3.05) is 13.2 Å². The summed E-state index contributed by atoms with van der Waals surface area (Å²) in [5.74, 6) is 0.312. The van der Waals surface area contributed by atoms with Gasteiger partial charge in [0.2, 0.25) is 5.91 Å². The number of amides is 1. The first-order valence-electron chi connectivity index (χ1n) is 7.31. The minimum atomic E-state index is -0.289. The number of aliphatic hydroxyl groups excluding tert-OH is 1. The van der Waals surface area contributed by atoms with Gasteiger partial charge in [-0.2, -0.15) is 0 Å². The minimum Gasteiger partial charge on any atom is -0.396 e. The number of aromatic amines is 1. The number of nitrogens with one attached hydrogen (secondary N) is 2. The Morgan fingerprint density at radius 1 is 1.33 bits per heavy atom. The van der Waals surface area contributed by atoms with Crippen LogP contribution in [0.25, 0.3) is 0 Å². The third-order valence-corrected chi connectivity index (χ3v) is 4.17. The molecule has 118 valence electrons. The summed E-state index contributed by atoms with van der Waals surface area (Å²) >= 11 is 0. The molecule has 0 saturated heterocycles. The Balaban J connectivity index is 2.73. The van der Waals surface area contributed by atoms with Crippen LogP contribution in [0.2, 0.25) is 0 Å². The average Bonchev–Trinajstić information content (AvgIpc) is 2.45. The zero-order valence-corrected chi connectivity index (χ0v) is 13.2. The minimum absolute atomic E-state index is 0.00336. The molecule has 0 aromatic carbocycles. The number of aromatic nitrogens is 2. The Hall–Kier alpha value is -1.69. The van der Waals surface area contributed by atoms with Gasteiger partial charge in [-0.05, 0) is 26.7 Å². The van der Waals surface area contributed by atoms with Crippen LogP contribution in [0.15, 0.2) is 4.79 Å². The zero-order valence-electron chi connectivity index (χ0n) is 13.2. The second-order valence-electron chi connectivity index (χ2n) is 5.53. The van der Waals surface area contributed by atoms with Gasteiger partial charge < -0.3 is 15.4 Å². The van der Waals surface area contributed by atoms with Crippen molar-refractivity contribution in [1.29, 1.82) is 0 Å². The van der Waals surface area contributed by atoms with Crippen molar-refractivity contribution < 1.29 is 9.90 Å². The lowest BCUT2D eigenvalue weighted by Crippen LogP contribution is -2.40. The predicted octanol–water partition coefficient (Wildman–Crippen LogP) is 0.844. The fourth-order valence-electron chi connectivity index (χ4n) is 2.25. The van der Waals surface area contributed by atoms with Gasteiger partial charge in [0, 0.05) is 23.2 Å². The highest BCUT2D eigenvalue weighted by Gasteiger charge is 2.26. The molecule has 0 bridgehead atoms. The van der Waals surface area contributed by atoms with E-state index in [1.54, 1.807) is 13.8 Å². The summed E-state index contributed by atoms with van der Waals surface area (Å²) in [6.07, 6.45) is 1.57. The van der Waals surface area contributed by atoms with E-state index in [2.05, 4.69) is 15.3 Å². The Morgan fingerprint density at radius 3 is 2.43 bits per heavy atom. The van der Waals surface area contributed by atoms with Gasteiger partial charge in [-0.3, -0.25) is 9.59 Å². The lowest BCUT2D eigenvalue weighted by Gasteiger charge is -2.29. The summed E-state index contributed by atoms with van der Waals surface area (Å²) in [5.41, 5.74) is 0.406. The number of rotatable bonds is 7. The summed E-state index contributed by atoms with van der Waals surface area (Å²) in [6.45, 7) is 7.85. The Bertz CT molecular complexity index is 539. The molecule has 21 heavy (non-hydrogen) atoms. The maximum Gasteiger partial charge on any atom is 0.254 e. The highest BCUT2D eigenvalue weighted by Crippen LogP contribution is 2.24. The molecule has 0 unspecified atom stereocenters. The van der Waals surface area contributed by atoms with Crippen molar-refractivity contribution >= 4 is 5.91 Å². The fourth-order valence-corrected chi connectivity index (χ4v) is 2.25. The van der Waals surface area contributed by atoms with Crippen LogP contribution >= 0.6 is 0 Å². The Labute approximate surface area is 125 Å². The quantitative estimate of drug-likeness (QED) is 0.695. The van der Waals surface area contributed by atoms with Gasteiger partial charge in [0.25, 0.3) is 5.56 Å². The van der Waals surface area contributed by atoms with Crippen LogP contribution in [-0.4, -0.2) is 34.1 Å². The number of hydrogen-bond acceptors (Lipinski definition) is 4. The molecule has 1 heterocycles. The summed E-state index contributed by atoms with van der Waals surface area (Å²) in [6, 6.07) is 0. The molecule has 0 radical (unpaired) electrons. The van der Waals surface area contributed by atoms with Crippen LogP contribution in [0.1, 0.15) is 43.8 Å². The van der Waals surface area contributed by atoms with Gasteiger partial charge in [0.1, 0.15) is 5.82 Å². The van der Waals surface area contributed by atoms with Gasteiger partial charge in [-0.1, -0.05) is 13.8 Å². The van der Waals surface area contributed by atoms with Crippen molar-refractivity contribution in [2.24, 2.45) is 5.41 Å². The van der Waals surface area contributed by atoms with E-state index in [0.717, 1.165) is 12.8 Å². The van der Waals surface area contributed by atoms with Crippen molar-refractivity contribution in [1.82, 2.24) is 15.3 Å². The van der Waals surface area contributed by atoms with Gasteiger partial charge >= 0.3 is 0 Å². The molecule has 0 fully saturated rings. The lowest BCUT2D eigenvalue weighted by atomic mass is 9.83. The monoisotopic (exact) mass is 295 g/mol. The molecule has 0 aliphatic rings. The molecular formula is C15H25N3O3. The number of H-pyrrole nitrogens is 1. The van der Waals surface area contributed by atoms with E-state index in [4.69, 9.17) is 0 Å². The molecule has 0 spiro atoms. The highest BCUT2D eigenvalue weighted by atomic mass is 16.3. The van der Waals surface area contributed by atoms with Gasteiger partial charge in [-0.15, -0.1) is 0 Å². The molecule has 0 aliphatic carbocycles. The highest BCUT2D eigenvalue weighted by molar-refractivity contribution is 5.78. The fraction of sp³-hybridized carbons (Fsp3) is 0.667. The number of aliphatic hydroxyl groups is 1. The molecule has 6 nitrogen and oxygen atoms in total. The van der Waals surface area contributed by atoms with Crippen molar-refractivity contribution in [2.45, 2.75) is 47.0 Å². The number of nitrogens with zero attached hydrogens (tertiary/aromatic N) is 1. The maximum absolute atomic E-state index is 12.0. The number of carbonyl (C=O) groups is 1. The van der Waals surface area contributed by atoms with Crippen LogP contribution in [0.4, 0.5) is 0 Å². The van der Waals surface area contributed by atoms with Crippen molar-refractivity contribution in [3.8, 4) is 0 Å². The molecule has 0 saturated carbocycles. The van der Waals surface area contributed by atoms with E-state index >= 15 is 0 Å². The second kappa shape index (κ2) is 7.36. The summed E-state index contributed by atoms with van der Waals surface area (Å²) in [7, 11) is 0. The van der Waals surface area contributed by atoms with E-state index in [9.17, 15) is 14.7 Å². The topological polar surface area (TPSA) is 95.1 Å². The van der Waals surface area contributed by atoms with Gasteiger partial charge in [-0.25, -0.2) is 4.98 Å². The van der Waals surface area contributed by atoms with E-state index in [0.29, 0.717) is 23.6 Å². The first kappa shape index (κ1) is 17.4. The average molecular weight is 295 g/mol. The third kappa shape index (κ3) is 4.39. The number of hydrogen-bond donors (Lipinski definition) is 3. The third-order valence-electron chi connectivity index (χ3n) is 4.17. The molecule has 0 aliphatic heterocycles. The number of carbonyl (C=O) groups excluding carboxylic acids is 1. The summed E-state index contributed by atoms with van der Waals surface area (Å²) in [5, 5.41) is 12.3. The van der Waals surface area contributed by atoms with Crippen LogP contribution in [0.3, 0.4) is 0 Å². The van der Waals surface area contributed by atoms with Gasteiger partial charge in [0.05, 0.1) is 13.0 Å². The predicted molar refractivity (Wildman–Crippen MR) is 81.1 cm³/mol. The van der Waals surface area contributed by atoms with Crippen molar-refractivity contribution in [3.05, 3.63) is 27.4 Å². The first-order chi connectivity index (χ1) is 9.87. The molecule has 0 atom stereocenters. The normalized spacial score (nSPS) is 11.5. The smallest absolute Gasteiger partial charge is 0.254 e. The van der Waals surface area contributed by atoms with Crippen LogP contribution in [0, 0.1) is 19.3 Å². The second-order valence-corrected chi connectivity index (χ2v) is 5.53. The van der Waals surface area contributed by atoms with Crippen LogP contribution < -0.4 is 10.9 Å². The van der Waals surface area contributed by atoms with E-state index in [1.807, 2.05) is 13.8 Å². The molecule has 1 aromatic rings. The van der Waals surface area contributed by atoms with Crippen LogP contribution in [0.5, 0.6) is 0 Å². The molecule has 1 rings (SSSR count). The Kier molecular flexibility index (Phi) is 6.08. The molecule has 1 aromatic heterocycles. The molecular weight excluding hydrogens is 270 g/mol. The standard InChI is InChI=1S/C15H25N3O3/c1-5-15(6-2,9-19)8-16-13(20)7-12-10(3)17-11(4)18-14(12)21/h19H,5-9H2,1-4H3,(H,16,20)(H,17,18,21). The van der Waals surface area contributed by atoms with E-state index in [-0.39, 0.29) is 29.9 Å². The SMILES string of the molecule is CCC(CC)(CO)CNC(=O)Cc1c(C)nc(C)[nH]c1=O. The molecule has 6 heteroatoms. The summed E-state index contributed by atoms with van der Waals surface area (Å²) in [4.78, 5) is 30.6. The maximum atomic E-state index is 12.0. The van der Waals surface area contributed by atoms with Crippen molar-refractivity contribution in [3.63, 3.8) is 0 Å². The van der Waals surface area contributed by atoms with Crippen LogP contribution in [-0.2, 0) is 11.2 Å². The van der Waals surface area contributed by atoms with Gasteiger partial charge in [0.15, 0.2) is 0 Å². The Morgan fingerprint density at radius 2 is 1.95 bits per heavy atom. The first-order valence-corrected chi connectivity index (χ1v) is 7.31. The largest absolute Gasteiger partial charge is 0.396 e. The lowest BCUT2D eigenvalue weighted by molar-refractivity contribution is -0.121. The van der Waals surface area contributed by atoms with E-state index in [1.165, 1.54) is 0 Å².